The van der Waals surface area contributed by atoms with E-state index in [1.54, 1.807) is 0 Å². The number of ether oxygens (including phenoxy) is 2. The maximum Gasteiger partial charge on any atom is 0.320 e. The molecule has 26 heavy (non-hydrogen) atoms. The molecule has 6 nitrogen and oxygen atoms in total. The topological polar surface area (TPSA) is 74.8 Å². The molecule has 6 rings (SSSR count). The van der Waals surface area contributed by atoms with Crippen molar-refractivity contribution in [2.75, 3.05) is 26.8 Å². The molecule has 3 aliphatic heterocycles. The van der Waals surface area contributed by atoms with Crippen LogP contribution in [-0.2, 0) is 19.7 Å². The summed E-state index contributed by atoms with van der Waals surface area (Å²) in [6.07, 6.45) is 1.61. The van der Waals surface area contributed by atoms with Gasteiger partial charge in [0.15, 0.2) is 5.79 Å². The summed E-state index contributed by atoms with van der Waals surface area (Å²) in [7, 11) is 1.43. The minimum absolute atomic E-state index is 0.0259. The van der Waals surface area contributed by atoms with Gasteiger partial charge in [0.05, 0.1) is 13.7 Å². The highest BCUT2D eigenvalue weighted by Crippen LogP contribution is 2.63. The van der Waals surface area contributed by atoms with Gasteiger partial charge in [-0.3, -0.25) is 9.69 Å². The lowest BCUT2D eigenvalue weighted by Gasteiger charge is -2.37. The van der Waals surface area contributed by atoms with Crippen LogP contribution in [-0.4, -0.2) is 53.6 Å². The normalized spacial score (nSPS) is 42.5. The first-order chi connectivity index (χ1) is 12.6. The molecular weight excluding hydrogens is 332 g/mol. The molecule has 0 radical (unpaired) electrons. The van der Waals surface area contributed by atoms with Crippen LogP contribution in [0, 0.1) is 11.8 Å². The van der Waals surface area contributed by atoms with Gasteiger partial charge in [0, 0.05) is 34.5 Å². The zero-order valence-electron chi connectivity index (χ0n) is 14.7. The molecule has 0 spiro atoms. The number of esters is 1. The van der Waals surface area contributed by atoms with Crippen molar-refractivity contribution in [3.05, 3.63) is 35.5 Å². The summed E-state index contributed by atoms with van der Waals surface area (Å²) in [6.45, 7) is 2.00. The second-order valence-electron chi connectivity index (χ2n) is 8.18. The van der Waals surface area contributed by atoms with Gasteiger partial charge in [-0.25, -0.2) is 0 Å². The molecule has 6 bridgehead atoms. The van der Waals surface area contributed by atoms with Crippen molar-refractivity contribution in [2.24, 2.45) is 11.8 Å². The van der Waals surface area contributed by atoms with Gasteiger partial charge < -0.3 is 19.6 Å². The van der Waals surface area contributed by atoms with Crippen LogP contribution >= 0.6 is 0 Å². The number of aromatic amines is 1. The van der Waals surface area contributed by atoms with Crippen LogP contribution in [0.25, 0.3) is 10.9 Å². The van der Waals surface area contributed by atoms with Crippen molar-refractivity contribution < 1.29 is 19.4 Å². The lowest BCUT2D eigenvalue weighted by molar-refractivity contribution is -0.231. The number of methoxy groups -OCH3 is 1. The van der Waals surface area contributed by atoms with Gasteiger partial charge in [-0.2, -0.15) is 0 Å². The van der Waals surface area contributed by atoms with Crippen molar-refractivity contribution in [1.29, 1.82) is 0 Å². The Labute approximate surface area is 151 Å². The minimum Gasteiger partial charge on any atom is -0.468 e. The van der Waals surface area contributed by atoms with Gasteiger partial charge in [-0.05, 0) is 37.6 Å². The number of nitrogens with one attached hydrogen (secondary N) is 1. The number of rotatable bonds is 1. The van der Waals surface area contributed by atoms with E-state index in [4.69, 9.17) is 9.47 Å². The van der Waals surface area contributed by atoms with E-state index in [-0.39, 0.29) is 30.5 Å². The van der Waals surface area contributed by atoms with Gasteiger partial charge in [-0.15, -0.1) is 0 Å². The van der Waals surface area contributed by atoms with E-state index in [1.165, 1.54) is 7.11 Å². The minimum atomic E-state index is -1.27. The van der Waals surface area contributed by atoms with E-state index in [0.29, 0.717) is 0 Å². The number of aromatic nitrogens is 1. The van der Waals surface area contributed by atoms with Crippen LogP contribution in [0.4, 0.5) is 0 Å². The standard InChI is InChI=1S/C20H22N2O4/c1-25-18(23)19-10-26-20(24)12-6-8-22(9-7-14(19)20)16(12)15-11-4-2-3-5-13(11)21-17(15)19/h2-5,12,14,16,21,24H,6-10H2,1H3/t12-,14-,16-,19-,20+/m1/s1. The Morgan fingerprint density at radius 2 is 2.15 bits per heavy atom. The number of H-pyrrole nitrogens is 1. The first-order valence-electron chi connectivity index (χ1n) is 9.41. The smallest absolute Gasteiger partial charge is 0.320 e. The Bertz CT molecular complexity index is 939. The predicted molar refractivity (Wildman–Crippen MR) is 93.4 cm³/mol. The second kappa shape index (κ2) is 4.68. The number of fused-ring (bicyclic) bond motifs is 4. The highest BCUT2D eigenvalue weighted by atomic mass is 16.6. The Kier molecular flexibility index (Phi) is 2.74. The maximum absolute atomic E-state index is 13.1. The van der Waals surface area contributed by atoms with Crippen LogP contribution in [0.15, 0.2) is 24.3 Å². The number of carbonyl (C=O) groups excluding carboxylic acids is 1. The van der Waals surface area contributed by atoms with Crippen LogP contribution in [0.5, 0.6) is 0 Å². The number of benzene rings is 1. The zero-order valence-corrected chi connectivity index (χ0v) is 14.7. The SMILES string of the molecule is COC(=O)[C@]12CO[C@@]3(O)[C@@H]4CCN(CC[C@@H]31)[C@H]4c1c2[nH]c2ccccc12. The predicted octanol–water partition coefficient (Wildman–Crippen LogP) is 1.69. The largest absolute Gasteiger partial charge is 0.468 e. The summed E-state index contributed by atoms with van der Waals surface area (Å²) in [4.78, 5) is 19.1. The number of hydrogen-bond acceptors (Lipinski definition) is 5. The van der Waals surface area contributed by atoms with Gasteiger partial charge in [0.1, 0.15) is 5.41 Å². The molecule has 136 valence electrons. The number of para-hydroxylation sites is 1. The van der Waals surface area contributed by atoms with E-state index >= 15 is 0 Å². The van der Waals surface area contributed by atoms with Crippen LogP contribution in [0.3, 0.4) is 0 Å². The van der Waals surface area contributed by atoms with E-state index in [1.807, 2.05) is 12.1 Å². The summed E-state index contributed by atoms with van der Waals surface area (Å²) in [5.74, 6) is -1.90. The highest BCUT2D eigenvalue weighted by molar-refractivity contribution is 5.92. The summed E-state index contributed by atoms with van der Waals surface area (Å²) >= 11 is 0. The van der Waals surface area contributed by atoms with Gasteiger partial charge in [0.2, 0.25) is 0 Å². The molecule has 1 aromatic heterocycles. The maximum atomic E-state index is 13.1. The molecule has 0 saturated carbocycles. The van der Waals surface area contributed by atoms with E-state index in [2.05, 4.69) is 22.0 Å². The molecule has 4 heterocycles. The Morgan fingerprint density at radius 1 is 1.35 bits per heavy atom. The molecule has 2 aromatic rings. The molecule has 6 atom stereocenters. The van der Waals surface area contributed by atoms with Gasteiger partial charge in [0.25, 0.3) is 0 Å². The fourth-order valence-electron chi connectivity index (χ4n) is 6.38. The fraction of sp³-hybridized carbons (Fsp3) is 0.550. The summed E-state index contributed by atoms with van der Waals surface area (Å²) in [5, 5.41) is 12.8. The van der Waals surface area contributed by atoms with Crippen molar-refractivity contribution in [3.8, 4) is 0 Å². The molecule has 1 aliphatic carbocycles. The average molecular weight is 354 g/mol. The number of aliphatic hydroxyl groups is 1. The third kappa shape index (κ3) is 1.46. The summed E-state index contributed by atoms with van der Waals surface area (Å²) in [5.41, 5.74) is 2.13. The molecule has 1 unspecified atom stereocenters. The van der Waals surface area contributed by atoms with Crippen LogP contribution < -0.4 is 0 Å². The molecule has 3 fully saturated rings. The molecule has 1 aromatic carbocycles. The Morgan fingerprint density at radius 3 is 3.00 bits per heavy atom. The Hall–Kier alpha value is -1.89. The average Bonchev–Trinajstić information content (AvgIpc) is 3.26. The lowest BCUT2D eigenvalue weighted by Crippen LogP contribution is -2.51. The monoisotopic (exact) mass is 354 g/mol. The highest BCUT2D eigenvalue weighted by Gasteiger charge is 2.72. The van der Waals surface area contributed by atoms with Crippen molar-refractivity contribution >= 4 is 16.9 Å². The molecule has 2 N–H and O–H groups in total. The third-order valence-corrected chi connectivity index (χ3v) is 7.40. The zero-order chi connectivity index (χ0) is 17.7. The van der Waals surface area contributed by atoms with Crippen molar-refractivity contribution in [1.82, 2.24) is 9.88 Å². The van der Waals surface area contributed by atoms with Gasteiger partial charge >= 0.3 is 5.97 Å². The first-order valence-corrected chi connectivity index (χ1v) is 9.41. The molecule has 6 heteroatoms. The van der Waals surface area contributed by atoms with Crippen LogP contribution in [0.1, 0.15) is 30.1 Å². The number of carbonyl (C=O) groups is 1. The van der Waals surface area contributed by atoms with Gasteiger partial charge in [-0.1, -0.05) is 18.2 Å². The third-order valence-electron chi connectivity index (χ3n) is 7.40. The lowest BCUT2D eigenvalue weighted by atomic mass is 9.69. The van der Waals surface area contributed by atoms with Crippen molar-refractivity contribution in [3.63, 3.8) is 0 Å². The van der Waals surface area contributed by atoms with Crippen molar-refractivity contribution in [2.45, 2.75) is 30.1 Å². The van der Waals surface area contributed by atoms with Crippen LogP contribution in [0.2, 0.25) is 0 Å². The fourth-order valence-corrected chi connectivity index (χ4v) is 6.38. The number of nitrogens with zero attached hydrogens (tertiary/aromatic N) is 1. The molecule has 3 saturated heterocycles. The molecule has 4 aliphatic rings. The first kappa shape index (κ1) is 15.2. The molecular formula is C20H22N2O4. The summed E-state index contributed by atoms with van der Waals surface area (Å²) in [6, 6.07) is 8.28. The Balaban J connectivity index is 1.76. The summed E-state index contributed by atoms with van der Waals surface area (Å²) < 4.78 is 11.3. The quantitative estimate of drug-likeness (QED) is 0.763. The number of hydrogen-bond donors (Lipinski definition) is 2. The molecule has 0 amide bonds. The van der Waals surface area contributed by atoms with E-state index in [9.17, 15) is 9.90 Å². The van der Waals surface area contributed by atoms with E-state index < -0.39 is 11.2 Å². The van der Waals surface area contributed by atoms with E-state index in [0.717, 1.165) is 48.1 Å². The second-order valence-corrected chi connectivity index (χ2v) is 8.18.